The van der Waals surface area contributed by atoms with Crippen LogP contribution in [0.5, 0.6) is 11.5 Å². The molecule has 1 heterocycles. The van der Waals surface area contributed by atoms with Crippen molar-refractivity contribution in [2.75, 3.05) is 6.61 Å². The Bertz CT molecular complexity index is 374. The maximum Gasteiger partial charge on any atom is 0.351 e. The lowest BCUT2D eigenvalue weighted by atomic mass is 10.1. The molecule has 0 amide bonds. The highest BCUT2D eigenvalue weighted by Gasteiger charge is 2.40. The molecule has 0 saturated carbocycles. The Morgan fingerprint density at radius 1 is 1.43 bits per heavy atom. The van der Waals surface area contributed by atoms with Gasteiger partial charge in [0.05, 0.1) is 0 Å². The molecule has 2 rings (SSSR count). The molecule has 1 aliphatic heterocycles. The van der Waals surface area contributed by atoms with Crippen molar-refractivity contribution in [3.8, 4) is 11.5 Å². The Morgan fingerprint density at radius 2 is 2.07 bits per heavy atom. The number of carboxylic acid groups (broad SMARTS) is 1. The molecule has 14 heavy (non-hydrogen) atoms. The monoisotopic (exact) mass is 194 g/mol. The van der Waals surface area contributed by atoms with Crippen LogP contribution >= 0.6 is 0 Å². The minimum absolute atomic E-state index is 0.0271. The molecule has 1 unspecified atom stereocenters. The molecule has 0 bridgehead atoms. The van der Waals surface area contributed by atoms with Gasteiger partial charge >= 0.3 is 5.97 Å². The Hall–Kier alpha value is -1.71. The number of benzene rings is 1. The van der Waals surface area contributed by atoms with E-state index in [9.17, 15) is 4.79 Å². The van der Waals surface area contributed by atoms with Crippen LogP contribution in [0.15, 0.2) is 24.3 Å². The van der Waals surface area contributed by atoms with Gasteiger partial charge in [-0.3, -0.25) is 0 Å². The first-order valence-electron chi connectivity index (χ1n) is 4.26. The van der Waals surface area contributed by atoms with E-state index in [4.69, 9.17) is 14.6 Å². The third-order valence-corrected chi connectivity index (χ3v) is 2.14. The highest BCUT2D eigenvalue weighted by atomic mass is 16.6. The number of fused-ring (bicyclic) bond motifs is 1. The van der Waals surface area contributed by atoms with E-state index in [1.807, 2.05) is 6.07 Å². The Labute approximate surface area is 81.1 Å². The SMILES string of the molecule is CC1(C(=O)O)COc2ccccc2O1. The van der Waals surface area contributed by atoms with Gasteiger partial charge in [0.25, 0.3) is 0 Å². The second-order valence-electron chi connectivity index (χ2n) is 3.37. The van der Waals surface area contributed by atoms with E-state index in [-0.39, 0.29) is 6.61 Å². The third-order valence-electron chi connectivity index (χ3n) is 2.14. The molecular formula is C10H10O4. The van der Waals surface area contributed by atoms with Crippen LogP contribution in [0, 0.1) is 0 Å². The zero-order valence-corrected chi connectivity index (χ0v) is 7.69. The standard InChI is InChI=1S/C10H10O4/c1-10(9(11)12)6-13-7-4-2-3-5-8(7)14-10/h2-5H,6H2,1H3,(H,11,12). The molecule has 0 aliphatic carbocycles. The minimum Gasteiger partial charge on any atom is -0.485 e. The first-order valence-corrected chi connectivity index (χ1v) is 4.26. The van der Waals surface area contributed by atoms with E-state index in [2.05, 4.69) is 0 Å². The molecule has 74 valence electrons. The lowest BCUT2D eigenvalue weighted by Gasteiger charge is -2.31. The van der Waals surface area contributed by atoms with Crippen molar-refractivity contribution >= 4 is 5.97 Å². The van der Waals surface area contributed by atoms with E-state index in [1.54, 1.807) is 18.2 Å². The van der Waals surface area contributed by atoms with Crippen LogP contribution in [-0.4, -0.2) is 23.3 Å². The van der Waals surface area contributed by atoms with Gasteiger partial charge in [-0.25, -0.2) is 4.79 Å². The molecular weight excluding hydrogens is 184 g/mol. The van der Waals surface area contributed by atoms with Gasteiger partial charge < -0.3 is 14.6 Å². The fourth-order valence-electron chi connectivity index (χ4n) is 1.25. The normalized spacial score (nSPS) is 24.4. The average Bonchev–Trinajstić information content (AvgIpc) is 2.17. The third kappa shape index (κ3) is 1.28. The summed E-state index contributed by atoms with van der Waals surface area (Å²) in [6.45, 7) is 1.52. The van der Waals surface area contributed by atoms with Gasteiger partial charge in [-0.1, -0.05) is 12.1 Å². The minimum atomic E-state index is -1.28. The maximum atomic E-state index is 10.9. The second-order valence-corrected chi connectivity index (χ2v) is 3.37. The number of rotatable bonds is 1. The van der Waals surface area contributed by atoms with Crippen molar-refractivity contribution in [3.63, 3.8) is 0 Å². The quantitative estimate of drug-likeness (QED) is 0.732. The smallest absolute Gasteiger partial charge is 0.351 e. The van der Waals surface area contributed by atoms with Crippen LogP contribution in [0.3, 0.4) is 0 Å². The van der Waals surface area contributed by atoms with E-state index < -0.39 is 11.6 Å². The molecule has 0 aromatic heterocycles. The van der Waals surface area contributed by atoms with Gasteiger partial charge in [-0.2, -0.15) is 0 Å². The summed E-state index contributed by atoms with van der Waals surface area (Å²) < 4.78 is 10.7. The molecule has 0 fully saturated rings. The Kier molecular flexibility index (Phi) is 1.84. The second kappa shape index (κ2) is 2.90. The van der Waals surface area contributed by atoms with Crippen molar-refractivity contribution in [2.24, 2.45) is 0 Å². The van der Waals surface area contributed by atoms with Crippen molar-refractivity contribution in [1.29, 1.82) is 0 Å². The summed E-state index contributed by atoms with van der Waals surface area (Å²) in [4.78, 5) is 10.9. The fraction of sp³-hybridized carbons (Fsp3) is 0.300. The summed E-state index contributed by atoms with van der Waals surface area (Å²) in [6.07, 6.45) is 0. The van der Waals surface area contributed by atoms with Crippen molar-refractivity contribution in [2.45, 2.75) is 12.5 Å². The number of aliphatic carboxylic acids is 1. The fourth-order valence-corrected chi connectivity index (χ4v) is 1.25. The molecule has 1 atom stereocenters. The van der Waals surface area contributed by atoms with E-state index in [0.717, 1.165) is 0 Å². The number of ether oxygens (including phenoxy) is 2. The van der Waals surface area contributed by atoms with Gasteiger partial charge in [0.2, 0.25) is 5.60 Å². The summed E-state index contributed by atoms with van der Waals surface area (Å²) in [6, 6.07) is 7.02. The van der Waals surface area contributed by atoms with Gasteiger partial charge in [-0.05, 0) is 19.1 Å². The van der Waals surface area contributed by atoms with Crippen LogP contribution in [0.2, 0.25) is 0 Å². The van der Waals surface area contributed by atoms with Crippen LogP contribution in [0.4, 0.5) is 0 Å². The molecule has 1 aromatic carbocycles. The van der Waals surface area contributed by atoms with Gasteiger partial charge in [-0.15, -0.1) is 0 Å². The molecule has 0 radical (unpaired) electrons. The molecule has 4 heteroatoms. The van der Waals surface area contributed by atoms with E-state index in [0.29, 0.717) is 11.5 Å². The molecule has 1 N–H and O–H groups in total. The molecule has 4 nitrogen and oxygen atoms in total. The average molecular weight is 194 g/mol. The molecule has 0 saturated heterocycles. The largest absolute Gasteiger partial charge is 0.485 e. The molecule has 1 aromatic rings. The van der Waals surface area contributed by atoms with Gasteiger partial charge in [0, 0.05) is 0 Å². The van der Waals surface area contributed by atoms with Crippen LogP contribution in [-0.2, 0) is 4.79 Å². The zero-order chi connectivity index (χ0) is 10.2. The number of carbonyl (C=O) groups is 1. The summed E-state index contributed by atoms with van der Waals surface area (Å²) in [7, 11) is 0. The molecule has 0 spiro atoms. The van der Waals surface area contributed by atoms with E-state index >= 15 is 0 Å². The number of carboxylic acids is 1. The highest BCUT2D eigenvalue weighted by Crippen LogP contribution is 2.34. The number of para-hydroxylation sites is 2. The summed E-state index contributed by atoms with van der Waals surface area (Å²) in [5.74, 6) is 0.0434. The first-order chi connectivity index (χ1) is 6.62. The van der Waals surface area contributed by atoms with Crippen LogP contribution in [0.1, 0.15) is 6.92 Å². The van der Waals surface area contributed by atoms with Crippen molar-refractivity contribution < 1.29 is 19.4 Å². The maximum absolute atomic E-state index is 10.9. The van der Waals surface area contributed by atoms with Crippen LogP contribution < -0.4 is 9.47 Å². The topological polar surface area (TPSA) is 55.8 Å². The first kappa shape index (κ1) is 8.87. The van der Waals surface area contributed by atoms with Crippen LogP contribution in [0.25, 0.3) is 0 Å². The number of hydrogen-bond donors (Lipinski definition) is 1. The predicted octanol–water partition coefficient (Wildman–Crippen LogP) is 1.30. The van der Waals surface area contributed by atoms with Gasteiger partial charge in [0.1, 0.15) is 6.61 Å². The summed E-state index contributed by atoms with van der Waals surface area (Å²) >= 11 is 0. The van der Waals surface area contributed by atoms with Gasteiger partial charge in [0.15, 0.2) is 11.5 Å². The zero-order valence-electron chi connectivity index (χ0n) is 7.69. The predicted molar refractivity (Wildman–Crippen MR) is 48.6 cm³/mol. The summed E-state index contributed by atoms with van der Waals surface area (Å²) in [5.41, 5.74) is -1.28. The lowest BCUT2D eigenvalue weighted by Crippen LogP contribution is -2.49. The molecule has 1 aliphatic rings. The lowest BCUT2D eigenvalue weighted by molar-refractivity contribution is -0.158. The summed E-state index contributed by atoms with van der Waals surface area (Å²) in [5, 5.41) is 8.92. The number of hydrogen-bond acceptors (Lipinski definition) is 3. The van der Waals surface area contributed by atoms with E-state index in [1.165, 1.54) is 6.92 Å². The highest BCUT2D eigenvalue weighted by molar-refractivity contribution is 5.78. The Balaban J connectivity index is 2.34. The Morgan fingerprint density at radius 3 is 2.71 bits per heavy atom. The van der Waals surface area contributed by atoms with Crippen molar-refractivity contribution in [1.82, 2.24) is 0 Å². The van der Waals surface area contributed by atoms with Crippen molar-refractivity contribution in [3.05, 3.63) is 24.3 Å².